The number of amides is 1. The Balaban J connectivity index is 2.02. The molecule has 2 rings (SSSR count). The summed E-state index contributed by atoms with van der Waals surface area (Å²) in [6.45, 7) is 8.43. The Bertz CT molecular complexity index is 635. The molecule has 4 heteroatoms. The summed E-state index contributed by atoms with van der Waals surface area (Å²) in [6.07, 6.45) is 0.827. The first-order valence-corrected chi connectivity index (χ1v) is 6.99. The summed E-state index contributed by atoms with van der Waals surface area (Å²) in [7, 11) is 2.02. The lowest BCUT2D eigenvalue weighted by molar-refractivity contribution is -0.128. The molecule has 0 aliphatic heterocycles. The molecule has 1 heterocycles. The van der Waals surface area contributed by atoms with Crippen molar-refractivity contribution in [1.29, 1.82) is 0 Å². The number of nitrogens with one attached hydrogen (secondary N) is 1. The highest BCUT2D eigenvalue weighted by atomic mass is 16.2. The van der Waals surface area contributed by atoms with Crippen LogP contribution in [0.5, 0.6) is 0 Å². The number of rotatable bonds is 3. The van der Waals surface area contributed by atoms with Crippen LogP contribution in [0, 0.1) is 12.3 Å². The Hall–Kier alpha value is -1.84. The number of carbonyl (C=O) groups excluding carboxylic acids is 1. The van der Waals surface area contributed by atoms with E-state index in [1.54, 1.807) is 0 Å². The molecule has 2 aromatic rings. The number of hydrogen-bond acceptors (Lipinski definition) is 2. The van der Waals surface area contributed by atoms with Crippen LogP contribution in [-0.2, 0) is 18.3 Å². The number of aryl methyl sites for hydroxylation is 2. The van der Waals surface area contributed by atoms with Crippen molar-refractivity contribution >= 4 is 16.9 Å². The summed E-state index contributed by atoms with van der Waals surface area (Å²) < 4.78 is 2.08. The third kappa shape index (κ3) is 3.00. The second kappa shape index (κ2) is 5.27. The quantitative estimate of drug-likeness (QED) is 0.934. The van der Waals surface area contributed by atoms with Crippen LogP contribution in [0.15, 0.2) is 18.2 Å². The standard InChI is InChI=1S/C16H23N3O/c1-11-18-13-10-12(6-7-14(13)19(11)5)8-9-17-15(20)16(2,3)4/h6-7,10H,8-9H2,1-5H3,(H,17,20). The van der Waals surface area contributed by atoms with Crippen LogP contribution in [0.4, 0.5) is 0 Å². The van der Waals surface area contributed by atoms with Crippen molar-refractivity contribution in [3.05, 3.63) is 29.6 Å². The number of nitrogens with zero attached hydrogens (tertiary/aromatic N) is 2. The van der Waals surface area contributed by atoms with E-state index in [1.807, 2.05) is 34.7 Å². The van der Waals surface area contributed by atoms with E-state index in [-0.39, 0.29) is 11.3 Å². The van der Waals surface area contributed by atoms with Gasteiger partial charge in [0.05, 0.1) is 11.0 Å². The number of benzene rings is 1. The summed E-state index contributed by atoms with van der Waals surface area (Å²) in [5.74, 6) is 1.10. The third-order valence-electron chi connectivity index (χ3n) is 3.55. The fourth-order valence-electron chi connectivity index (χ4n) is 2.11. The van der Waals surface area contributed by atoms with Gasteiger partial charge < -0.3 is 9.88 Å². The topological polar surface area (TPSA) is 46.9 Å². The van der Waals surface area contributed by atoms with Crippen LogP contribution in [-0.4, -0.2) is 22.0 Å². The predicted molar refractivity (Wildman–Crippen MR) is 81.6 cm³/mol. The Kier molecular flexibility index (Phi) is 3.84. The lowest BCUT2D eigenvalue weighted by Crippen LogP contribution is -2.35. The molecular weight excluding hydrogens is 250 g/mol. The zero-order valence-electron chi connectivity index (χ0n) is 12.9. The molecule has 0 bridgehead atoms. The maximum atomic E-state index is 11.8. The highest BCUT2D eigenvalue weighted by Gasteiger charge is 2.20. The van der Waals surface area contributed by atoms with Crippen LogP contribution in [0.3, 0.4) is 0 Å². The largest absolute Gasteiger partial charge is 0.355 e. The van der Waals surface area contributed by atoms with Crippen LogP contribution < -0.4 is 5.32 Å². The Morgan fingerprint density at radius 3 is 2.70 bits per heavy atom. The molecular formula is C16H23N3O. The molecule has 0 saturated heterocycles. The minimum absolute atomic E-state index is 0.0901. The fourth-order valence-corrected chi connectivity index (χ4v) is 2.11. The van der Waals surface area contributed by atoms with Crippen molar-refractivity contribution in [3.8, 4) is 0 Å². The molecule has 1 aromatic carbocycles. The first-order valence-electron chi connectivity index (χ1n) is 6.99. The first-order chi connectivity index (χ1) is 9.29. The van der Waals surface area contributed by atoms with Crippen LogP contribution >= 0.6 is 0 Å². The van der Waals surface area contributed by atoms with Gasteiger partial charge in [0.15, 0.2) is 0 Å². The third-order valence-corrected chi connectivity index (χ3v) is 3.55. The summed E-state index contributed by atoms with van der Waals surface area (Å²) >= 11 is 0. The average molecular weight is 273 g/mol. The molecule has 1 amide bonds. The van der Waals surface area contributed by atoms with Crippen molar-refractivity contribution in [2.75, 3.05) is 6.54 Å². The molecule has 0 saturated carbocycles. The molecule has 108 valence electrons. The fraction of sp³-hybridized carbons (Fsp3) is 0.500. The molecule has 4 nitrogen and oxygen atoms in total. The summed E-state index contributed by atoms with van der Waals surface area (Å²) in [5.41, 5.74) is 3.03. The molecule has 0 unspecified atom stereocenters. The van der Waals surface area contributed by atoms with E-state index in [0.717, 1.165) is 23.3 Å². The molecule has 0 fully saturated rings. The monoisotopic (exact) mass is 273 g/mol. The van der Waals surface area contributed by atoms with Gasteiger partial charge in [-0.15, -0.1) is 0 Å². The highest BCUT2D eigenvalue weighted by Crippen LogP contribution is 2.17. The van der Waals surface area contributed by atoms with Crippen LogP contribution in [0.1, 0.15) is 32.2 Å². The van der Waals surface area contributed by atoms with Crippen LogP contribution in [0.2, 0.25) is 0 Å². The number of imidazole rings is 1. The van der Waals surface area contributed by atoms with E-state index in [9.17, 15) is 4.79 Å². The number of hydrogen-bond donors (Lipinski definition) is 1. The summed E-state index contributed by atoms with van der Waals surface area (Å²) in [4.78, 5) is 16.3. The van der Waals surface area contributed by atoms with E-state index in [0.29, 0.717) is 6.54 Å². The minimum atomic E-state index is -0.331. The summed E-state index contributed by atoms with van der Waals surface area (Å²) in [6, 6.07) is 6.30. The van der Waals surface area contributed by atoms with Crippen LogP contribution in [0.25, 0.3) is 11.0 Å². The molecule has 1 aromatic heterocycles. The van der Waals surface area contributed by atoms with Gasteiger partial charge >= 0.3 is 0 Å². The number of fused-ring (bicyclic) bond motifs is 1. The zero-order chi connectivity index (χ0) is 14.9. The van der Waals surface area contributed by atoms with Gasteiger partial charge in [-0.05, 0) is 31.0 Å². The molecule has 20 heavy (non-hydrogen) atoms. The van der Waals surface area contributed by atoms with Gasteiger partial charge in [-0.2, -0.15) is 0 Å². The van der Waals surface area contributed by atoms with Gasteiger partial charge in [0.25, 0.3) is 0 Å². The SMILES string of the molecule is Cc1nc2cc(CCNC(=O)C(C)(C)C)ccc2n1C. The smallest absolute Gasteiger partial charge is 0.225 e. The second-order valence-corrected chi connectivity index (χ2v) is 6.30. The lowest BCUT2D eigenvalue weighted by Gasteiger charge is -2.17. The molecule has 0 atom stereocenters. The Morgan fingerprint density at radius 1 is 1.35 bits per heavy atom. The number of carbonyl (C=O) groups is 1. The maximum Gasteiger partial charge on any atom is 0.225 e. The zero-order valence-corrected chi connectivity index (χ0v) is 12.9. The summed E-state index contributed by atoms with van der Waals surface area (Å²) in [5, 5.41) is 2.97. The van der Waals surface area contributed by atoms with Gasteiger partial charge in [-0.1, -0.05) is 26.8 Å². The number of aromatic nitrogens is 2. The van der Waals surface area contributed by atoms with E-state index >= 15 is 0 Å². The van der Waals surface area contributed by atoms with Crippen molar-refractivity contribution in [3.63, 3.8) is 0 Å². The molecule has 0 aliphatic rings. The van der Waals surface area contributed by atoms with Crippen molar-refractivity contribution in [2.45, 2.75) is 34.1 Å². The minimum Gasteiger partial charge on any atom is -0.355 e. The van der Waals surface area contributed by atoms with E-state index < -0.39 is 0 Å². The molecule has 0 aliphatic carbocycles. The lowest BCUT2D eigenvalue weighted by atomic mass is 9.95. The van der Waals surface area contributed by atoms with Crippen molar-refractivity contribution in [2.24, 2.45) is 12.5 Å². The van der Waals surface area contributed by atoms with Gasteiger partial charge in [-0.3, -0.25) is 4.79 Å². The van der Waals surface area contributed by atoms with E-state index in [2.05, 4.69) is 33.1 Å². The predicted octanol–water partition coefficient (Wildman–Crippen LogP) is 2.59. The van der Waals surface area contributed by atoms with Gasteiger partial charge in [-0.25, -0.2) is 4.98 Å². The van der Waals surface area contributed by atoms with Gasteiger partial charge in [0.1, 0.15) is 5.82 Å². The van der Waals surface area contributed by atoms with Crippen molar-refractivity contribution < 1.29 is 4.79 Å². The van der Waals surface area contributed by atoms with Crippen molar-refractivity contribution in [1.82, 2.24) is 14.9 Å². The Labute approximate surface area is 120 Å². The Morgan fingerprint density at radius 2 is 2.05 bits per heavy atom. The molecule has 1 N–H and O–H groups in total. The normalized spacial score (nSPS) is 11.8. The van der Waals surface area contributed by atoms with Gasteiger partial charge in [0, 0.05) is 19.0 Å². The molecule has 0 radical (unpaired) electrons. The van der Waals surface area contributed by atoms with Gasteiger partial charge in [0.2, 0.25) is 5.91 Å². The highest BCUT2D eigenvalue weighted by molar-refractivity contribution is 5.81. The maximum absolute atomic E-state index is 11.8. The van der Waals surface area contributed by atoms with E-state index in [4.69, 9.17) is 0 Å². The first kappa shape index (κ1) is 14.6. The molecule has 0 spiro atoms. The van der Waals surface area contributed by atoms with E-state index in [1.165, 1.54) is 5.56 Å². The average Bonchev–Trinajstić information content (AvgIpc) is 2.63. The second-order valence-electron chi connectivity index (χ2n) is 6.30.